The van der Waals surface area contributed by atoms with Gasteiger partial charge in [0.05, 0.1) is 61.1 Å². The lowest BCUT2D eigenvalue weighted by atomic mass is 9.72. The van der Waals surface area contributed by atoms with Gasteiger partial charge in [0, 0.05) is 46.8 Å². The Labute approximate surface area is 360 Å². The van der Waals surface area contributed by atoms with Gasteiger partial charge in [0.2, 0.25) is 0 Å². The molecule has 336 valence electrons. The number of aliphatic imine (C=N–C) groups is 1. The summed E-state index contributed by atoms with van der Waals surface area (Å²) in [6.07, 6.45) is -3.45. The van der Waals surface area contributed by atoms with E-state index in [4.69, 9.17) is 38.3 Å². The normalized spacial score (nSPS) is 39.5. The van der Waals surface area contributed by atoms with Gasteiger partial charge in [0.15, 0.2) is 11.9 Å². The van der Waals surface area contributed by atoms with Crippen molar-refractivity contribution in [1.29, 1.82) is 0 Å². The highest BCUT2D eigenvalue weighted by molar-refractivity contribution is 5.91. The number of hydrogen-bond donors (Lipinski definition) is 1. The molecule has 15 nitrogen and oxygen atoms in total. The lowest BCUT2D eigenvalue weighted by molar-refractivity contribution is -0.302. The van der Waals surface area contributed by atoms with Crippen LogP contribution in [0.5, 0.6) is 0 Å². The largest absolute Gasteiger partial charge is 0.458 e. The second kappa shape index (κ2) is 18.2. The number of para-hydroxylation sites is 1. The van der Waals surface area contributed by atoms with E-state index in [2.05, 4.69) is 24.0 Å². The second-order valence-corrected chi connectivity index (χ2v) is 18.7. The number of aliphatic hydroxyl groups excluding tert-OH is 1. The van der Waals surface area contributed by atoms with E-state index in [-0.39, 0.29) is 43.8 Å². The number of benzene rings is 1. The maximum atomic E-state index is 14.6. The van der Waals surface area contributed by atoms with Crippen LogP contribution in [0.4, 0.5) is 4.79 Å². The number of fused-ring (bicyclic) bond motifs is 5. The van der Waals surface area contributed by atoms with Crippen molar-refractivity contribution in [1.82, 2.24) is 14.8 Å². The molecule has 1 aromatic carbocycles. The number of rotatable bonds is 7. The number of hydrogen-bond acceptors (Lipinski definition) is 14. The zero-order chi connectivity index (χ0) is 44.0. The first-order chi connectivity index (χ1) is 28.9. The predicted octanol–water partition coefficient (Wildman–Crippen LogP) is 5.71. The number of carbonyl (C=O) groups is 2. The maximum Gasteiger partial charge on any atom is 0.410 e. The number of aryl methyl sites for hydroxylation is 1. The molecule has 5 aliphatic rings. The van der Waals surface area contributed by atoms with E-state index in [1.807, 2.05) is 90.9 Å². The fourth-order valence-corrected chi connectivity index (χ4v) is 10.9. The van der Waals surface area contributed by atoms with E-state index in [1.54, 1.807) is 11.8 Å². The minimum absolute atomic E-state index is 0.00327. The van der Waals surface area contributed by atoms with Crippen molar-refractivity contribution in [2.24, 2.45) is 33.8 Å². The molecule has 14 atom stereocenters. The molecule has 61 heavy (non-hydrogen) atoms. The molecule has 4 fully saturated rings. The first-order valence-electron chi connectivity index (χ1n) is 22.1. The van der Waals surface area contributed by atoms with Crippen LogP contribution in [0.2, 0.25) is 0 Å². The van der Waals surface area contributed by atoms with Crippen molar-refractivity contribution < 1.29 is 48.0 Å². The van der Waals surface area contributed by atoms with Crippen LogP contribution in [0.3, 0.4) is 0 Å². The molecular formula is C46H67N5O10. The molecule has 4 bridgehead atoms. The summed E-state index contributed by atoms with van der Waals surface area (Å²) in [5.74, 6) is -2.26. The van der Waals surface area contributed by atoms with E-state index >= 15 is 0 Å². The van der Waals surface area contributed by atoms with Crippen LogP contribution >= 0.6 is 0 Å². The van der Waals surface area contributed by atoms with Crippen molar-refractivity contribution in [3.63, 3.8) is 0 Å². The number of oxime groups is 1. The minimum Gasteiger partial charge on any atom is -0.458 e. The van der Waals surface area contributed by atoms with Crippen molar-refractivity contribution >= 4 is 34.4 Å². The van der Waals surface area contributed by atoms with Gasteiger partial charge in [-0.3, -0.25) is 19.7 Å². The molecule has 6 heterocycles. The molecule has 1 N–H and O–H groups in total. The van der Waals surface area contributed by atoms with Gasteiger partial charge in [-0.15, -0.1) is 0 Å². The van der Waals surface area contributed by atoms with E-state index in [1.165, 1.54) is 0 Å². The summed E-state index contributed by atoms with van der Waals surface area (Å²) in [5, 5.41) is 17.4. The molecule has 15 heteroatoms. The highest BCUT2D eigenvalue weighted by atomic mass is 16.7. The average molecular weight is 850 g/mol. The summed E-state index contributed by atoms with van der Waals surface area (Å²) >= 11 is 0. The van der Waals surface area contributed by atoms with Crippen LogP contribution in [0.15, 0.2) is 40.5 Å². The van der Waals surface area contributed by atoms with Crippen LogP contribution < -0.4 is 0 Å². The molecule has 0 aliphatic carbocycles. The van der Waals surface area contributed by atoms with E-state index < -0.39 is 71.8 Å². The molecule has 0 saturated carbocycles. The third kappa shape index (κ3) is 8.92. The van der Waals surface area contributed by atoms with Crippen LogP contribution in [0, 0.1) is 30.6 Å². The Kier molecular flexibility index (Phi) is 13.5. The molecule has 4 saturated heterocycles. The lowest BCUT2D eigenvalue weighted by Crippen LogP contribution is -2.60. The number of likely N-dealkylation sites (N-methyl/N-ethyl adjacent to an activating group) is 1. The van der Waals surface area contributed by atoms with Gasteiger partial charge in [-0.05, 0) is 86.0 Å². The Bertz CT molecular complexity index is 1980. The van der Waals surface area contributed by atoms with Gasteiger partial charge in [-0.25, -0.2) is 4.79 Å². The number of pyridine rings is 1. The zero-order valence-corrected chi connectivity index (χ0v) is 37.8. The van der Waals surface area contributed by atoms with Gasteiger partial charge in [-0.2, -0.15) is 0 Å². The Morgan fingerprint density at radius 3 is 2.56 bits per heavy atom. The van der Waals surface area contributed by atoms with Crippen molar-refractivity contribution in [3.8, 4) is 0 Å². The molecule has 5 aliphatic heterocycles. The summed E-state index contributed by atoms with van der Waals surface area (Å²) < 4.78 is 40.0. The predicted molar refractivity (Wildman–Crippen MR) is 229 cm³/mol. The molecule has 0 spiro atoms. The number of amides is 1. The monoisotopic (exact) mass is 849 g/mol. The molecule has 0 radical (unpaired) electrons. The molecule has 2 aromatic rings. The average Bonchev–Trinajstić information content (AvgIpc) is 3.36. The summed E-state index contributed by atoms with van der Waals surface area (Å²) in [4.78, 5) is 47.8. The molecule has 1 aromatic heterocycles. The smallest absolute Gasteiger partial charge is 0.410 e. The van der Waals surface area contributed by atoms with Gasteiger partial charge in [-0.1, -0.05) is 51.0 Å². The summed E-state index contributed by atoms with van der Waals surface area (Å²) in [6, 6.07) is 9.27. The van der Waals surface area contributed by atoms with E-state index in [9.17, 15) is 14.7 Å². The Balaban J connectivity index is 1.31. The molecule has 0 unspecified atom stereocenters. The van der Waals surface area contributed by atoms with Gasteiger partial charge in [0.1, 0.15) is 24.5 Å². The van der Waals surface area contributed by atoms with Crippen molar-refractivity contribution in [3.05, 3.63) is 41.6 Å². The number of carbonyl (C=O) groups excluding carboxylic acids is 2. The molecular weight excluding hydrogens is 783 g/mol. The Morgan fingerprint density at radius 2 is 1.82 bits per heavy atom. The van der Waals surface area contributed by atoms with Crippen LogP contribution in [-0.4, -0.2) is 144 Å². The highest BCUT2D eigenvalue weighted by Crippen LogP contribution is 2.45. The first kappa shape index (κ1) is 45.3. The number of aromatic nitrogens is 1. The standard InChI is InChI=1S/C46H67N5O10/c1-12-36-46(9)40-28(5)37(47-17-18-51(40)44(54)61-46)25(2)21-45(8)41(60-43-38(52)35(50(10)11)20-27(4)58-43)29(6)39(30(7)42(53)59-36)55-23-32(24-56-45)49-57-22-31-19-26(3)48-34-16-14-13-15-33(31)34/h13-16,19,25,27-30,35-36,38-41,43,52H,12,17-18,20-24H2,1-11H3/b49-32+/t25-,27+,28+,29+,30-,35-,36-,38+,39+,40-,41-,43-,45-,46-/m1/s1. The number of nitrogens with zero attached hydrogens (tertiary/aromatic N) is 5. The summed E-state index contributed by atoms with van der Waals surface area (Å²) in [5.41, 5.74) is 1.86. The zero-order valence-electron chi connectivity index (χ0n) is 37.8. The molecule has 1 amide bonds. The third-order valence-corrected chi connectivity index (χ3v) is 13.9. The SMILES string of the molecule is CC[C@H]1OC(=O)[C@H](C)[C@H]2OC/C(=N\OCc3cc(C)nc4ccccc34)CO[C@](C)(C[C@@H](C)C3=NCCN4C(=O)O[C@@]1(C)[C@H]4[C@H]3C)[C@H](O[C@H]1O[C@@H](C)C[C@@H](N(C)C)[C@@H]1O)[C@H]2C. The minimum atomic E-state index is -1.14. The highest BCUT2D eigenvalue weighted by Gasteiger charge is 2.60. The fraction of sp³-hybridized carbons (Fsp3) is 0.717. The lowest BCUT2D eigenvalue weighted by Gasteiger charge is -2.48. The number of esters is 1. The quantitative estimate of drug-likeness (QED) is 0.268. The Hall–Kier alpha value is -3.73. The Morgan fingerprint density at radius 1 is 1.07 bits per heavy atom. The van der Waals surface area contributed by atoms with Gasteiger partial charge < -0.3 is 43.3 Å². The number of cyclic esters (lactones) is 1. The number of ether oxygens (including phenoxy) is 6. The number of aliphatic hydroxyl groups is 1. The first-order valence-corrected chi connectivity index (χ1v) is 22.1. The fourth-order valence-electron chi connectivity index (χ4n) is 10.9. The summed E-state index contributed by atoms with van der Waals surface area (Å²) in [6.45, 7) is 18.8. The maximum absolute atomic E-state index is 14.6. The topological polar surface area (TPSA) is 163 Å². The van der Waals surface area contributed by atoms with Gasteiger partial charge in [0.25, 0.3) is 0 Å². The second-order valence-electron chi connectivity index (χ2n) is 18.7. The summed E-state index contributed by atoms with van der Waals surface area (Å²) in [7, 11) is 3.88. The van der Waals surface area contributed by atoms with Crippen molar-refractivity contribution in [2.45, 2.75) is 148 Å². The van der Waals surface area contributed by atoms with Crippen LogP contribution in [0.1, 0.15) is 85.9 Å². The van der Waals surface area contributed by atoms with Gasteiger partial charge >= 0.3 is 12.1 Å². The van der Waals surface area contributed by atoms with Crippen LogP contribution in [0.25, 0.3) is 10.9 Å². The van der Waals surface area contributed by atoms with E-state index in [0.717, 1.165) is 27.9 Å². The van der Waals surface area contributed by atoms with E-state index in [0.29, 0.717) is 38.1 Å². The van der Waals surface area contributed by atoms with Crippen LogP contribution in [-0.2, 0) is 44.7 Å². The molecule has 7 rings (SSSR count). The third-order valence-electron chi connectivity index (χ3n) is 13.9. The van der Waals surface area contributed by atoms with Crippen molar-refractivity contribution in [2.75, 3.05) is 40.4 Å².